The fourth-order valence-electron chi connectivity index (χ4n) is 1.99. The molecule has 0 N–H and O–H groups in total. The topological polar surface area (TPSA) is 38.3 Å². The molecule has 0 saturated heterocycles. The summed E-state index contributed by atoms with van der Waals surface area (Å²) < 4.78 is 14.3. The molecule has 4 nitrogen and oxygen atoms in total. The van der Waals surface area contributed by atoms with Crippen LogP contribution in [0.2, 0.25) is 0 Å². The Morgan fingerprint density at radius 1 is 1.47 bits per heavy atom. The molecule has 0 spiro atoms. The van der Waals surface area contributed by atoms with Gasteiger partial charge in [0.15, 0.2) is 0 Å². The second-order valence-corrected chi connectivity index (χ2v) is 5.08. The highest BCUT2D eigenvalue weighted by molar-refractivity contribution is 6.99. The molecule has 0 bridgehead atoms. The summed E-state index contributed by atoms with van der Waals surface area (Å²) in [5.74, 6) is 6.59. The van der Waals surface area contributed by atoms with Crippen molar-refractivity contribution in [3.05, 3.63) is 11.8 Å². The molecule has 0 saturated carbocycles. The molecule has 1 aliphatic rings. The Balaban J connectivity index is 1.93. The number of hydrogen-bond donors (Lipinski definition) is 0. The molecule has 5 heteroatoms. The predicted molar refractivity (Wildman–Crippen MR) is 78.2 cm³/mol. The average Bonchev–Trinajstić information content (AvgIpc) is 2.87. The normalized spacial score (nSPS) is 15.6. The van der Waals surface area contributed by atoms with E-state index in [9.17, 15) is 0 Å². The van der Waals surface area contributed by atoms with Crippen molar-refractivity contribution in [3.8, 4) is 17.7 Å². The first kappa shape index (κ1) is 14.0. The number of ether oxygens (including phenoxy) is 1. The highest BCUT2D eigenvalue weighted by Gasteiger charge is 2.18. The SMILES string of the molecule is CC#CCCCOc1nsnc1C1=CCCN(C)C1. The van der Waals surface area contributed by atoms with E-state index in [1.54, 1.807) is 0 Å². The molecule has 2 heterocycles. The van der Waals surface area contributed by atoms with Crippen molar-refractivity contribution >= 4 is 17.3 Å². The van der Waals surface area contributed by atoms with Gasteiger partial charge in [0.05, 0.1) is 18.3 Å². The third-order valence-electron chi connectivity index (χ3n) is 2.97. The quantitative estimate of drug-likeness (QED) is 0.612. The van der Waals surface area contributed by atoms with E-state index in [-0.39, 0.29) is 0 Å². The molecule has 19 heavy (non-hydrogen) atoms. The van der Waals surface area contributed by atoms with Crippen LogP contribution < -0.4 is 4.74 Å². The maximum Gasteiger partial charge on any atom is 0.253 e. The molecule has 0 radical (unpaired) electrons. The number of likely N-dealkylation sites (N-methyl/N-ethyl adjacent to an activating group) is 1. The van der Waals surface area contributed by atoms with Gasteiger partial charge in [0.25, 0.3) is 5.88 Å². The molecular weight excluding hydrogens is 258 g/mol. The summed E-state index contributed by atoms with van der Waals surface area (Å²) in [6.45, 7) is 4.53. The van der Waals surface area contributed by atoms with Crippen LogP contribution in [0.5, 0.6) is 5.88 Å². The van der Waals surface area contributed by atoms with Crippen LogP contribution in [0.1, 0.15) is 31.9 Å². The van der Waals surface area contributed by atoms with Crippen LogP contribution in [0.4, 0.5) is 0 Å². The lowest BCUT2D eigenvalue weighted by Gasteiger charge is -2.22. The van der Waals surface area contributed by atoms with Gasteiger partial charge < -0.3 is 9.64 Å². The third kappa shape index (κ3) is 4.05. The van der Waals surface area contributed by atoms with Gasteiger partial charge in [-0.1, -0.05) is 6.08 Å². The van der Waals surface area contributed by atoms with Crippen molar-refractivity contribution < 1.29 is 4.74 Å². The lowest BCUT2D eigenvalue weighted by atomic mass is 10.1. The van der Waals surface area contributed by atoms with Crippen LogP contribution in [0, 0.1) is 11.8 Å². The summed E-state index contributed by atoms with van der Waals surface area (Å²) in [6.07, 6.45) is 5.10. The van der Waals surface area contributed by atoms with E-state index in [4.69, 9.17) is 4.74 Å². The first-order chi connectivity index (χ1) is 9.31. The number of hydrogen-bond acceptors (Lipinski definition) is 5. The fourth-order valence-corrected chi connectivity index (χ4v) is 2.52. The Bertz CT molecular complexity index is 498. The molecule has 0 aromatic carbocycles. The summed E-state index contributed by atoms with van der Waals surface area (Å²) in [6, 6.07) is 0. The van der Waals surface area contributed by atoms with Crippen LogP contribution in [-0.2, 0) is 0 Å². The molecule has 0 fully saturated rings. The minimum absolute atomic E-state index is 0.649. The Morgan fingerprint density at radius 3 is 3.16 bits per heavy atom. The Morgan fingerprint density at radius 2 is 2.37 bits per heavy atom. The molecule has 2 rings (SSSR count). The van der Waals surface area contributed by atoms with E-state index in [1.165, 1.54) is 17.3 Å². The maximum atomic E-state index is 5.72. The summed E-state index contributed by atoms with van der Waals surface area (Å²) >= 11 is 1.22. The summed E-state index contributed by atoms with van der Waals surface area (Å²) in [7, 11) is 2.12. The first-order valence-corrected chi connectivity index (χ1v) is 7.27. The summed E-state index contributed by atoms with van der Waals surface area (Å²) in [5, 5.41) is 0. The largest absolute Gasteiger partial charge is 0.475 e. The maximum absolute atomic E-state index is 5.72. The molecule has 102 valence electrons. The van der Waals surface area contributed by atoms with Crippen LogP contribution in [0.15, 0.2) is 6.08 Å². The van der Waals surface area contributed by atoms with E-state index in [1.807, 2.05) is 6.92 Å². The van der Waals surface area contributed by atoms with E-state index in [0.717, 1.165) is 38.0 Å². The van der Waals surface area contributed by atoms with Crippen LogP contribution >= 0.6 is 11.7 Å². The zero-order valence-corrected chi connectivity index (χ0v) is 12.3. The van der Waals surface area contributed by atoms with Gasteiger partial charge in [-0.15, -0.1) is 16.2 Å². The minimum atomic E-state index is 0.649. The number of aromatic nitrogens is 2. The number of rotatable bonds is 5. The number of unbranched alkanes of at least 4 members (excludes halogenated alkanes) is 1. The van der Waals surface area contributed by atoms with E-state index >= 15 is 0 Å². The Kier molecular flexibility index (Phi) is 5.37. The Labute approximate surface area is 118 Å². The van der Waals surface area contributed by atoms with E-state index in [0.29, 0.717) is 12.5 Å². The van der Waals surface area contributed by atoms with Crippen LogP contribution in [-0.4, -0.2) is 40.4 Å². The molecule has 0 atom stereocenters. The Hall–Kier alpha value is -1.38. The zero-order valence-electron chi connectivity index (χ0n) is 11.5. The lowest BCUT2D eigenvalue weighted by molar-refractivity contribution is 0.301. The van der Waals surface area contributed by atoms with Gasteiger partial charge in [0, 0.05) is 19.5 Å². The van der Waals surface area contributed by atoms with Crippen molar-refractivity contribution in [2.45, 2.75) is 26.2 Å². The molecular formula is C14H19N3OS. The fraction of sp³-hybridized carbons (Fsp3) is 0.571. The molecule has 1 aromatic rings. The summed E-state index contributed by atoms with van der Waals surface area (Å²) in [4.78, 5) is 2.29. The van der Waals surface area contributed by atoms with Gasteiger partial charge >= 0.3 is 0 Å². The van der Waals surface area contributed by atoms with Gasteiger partial charge in [-0.05, 0) is 32.4 Å². The van der Waals surface area contributed by atoms with Gasteiger partial charge in [-0.3, -0.25) is 0 Å². The third-order valence-corrected chi connectivity index (χ3v) is 3.48. The van der Waals surface area contributed by atoms with Crippen molar-refractivity contribution in [2.24, 2.45) is 0 Å². The van der Waals surface area contributed by atoms with Gasteiger partial charge in [0.2, 0.25) is 0 Å². The highest BCUT2D eigenvalue weighted by atomic mass is 32.1. The van der Waals surface area contributed by atoms with Gasteiger partial charge in [-0.2, -0.15) is 4.37 Å². The van der Waals surface area contributed by atoms with Crippen LogP contribution in [0.3, 0.4) is 0 Å². The molecule has 1 aromatic heterocycles. The van der Waals surface area contributed by atoms with E-state index in [2.05, 4.69) is 38.6 Å². The summed E-state index contributed by atoms with van der Waals surface area (Å²) in [5.41, 5.74) is 2.14. The second-order valence-electron chi connectivity index (χ2n) is 4.55. The zero-order chi connectivity index (χ0) is 13.5. The molecule has 0 unspecified atom stereocenters. The van der Waals surface area contributed by atoms with Crippen molar-refractivity contribution in [2.75, 3.05) is 26.7 Å². The predicted octanol–water partition coefficient (Wildman–Crippen LogP) is 2.44. The molecule has 1 aliphatic heterocycles. The second kappa shape index (κ2) is 7.27. The smallest absolute Gasteiger partial charge is 0.253 e. The standard InChI is InChI=1S/C14H19N3OS/c1-3-4-5-6-10-18-14-13(15-19-16-14)12-8-7-9-17(2)11-12/h8H,5-7,9-11H2,1-2H3. The van der Waals surface area contributed by atoms with Crippen LogP contribution in [0.25, 0.3) is 5.57 Å². The highest BCUT2D eigenvalue weighted by Crippen LogP contribution is 2.26. The molecule has 0 aliphatic carbocycles. The monoisotopic (exact) mass is 277 g/mol. The van der Waals surface area contributed by atoms with Crippen molar-refractivity contribution in [3.63, 3.8) is 0 Å². The van der Waals surface area contributed by atoms with Gasteiger partial charge in [0.1, 0.15) is 5.69 Å². The minimum Gasteiger partial charge on any atom is -0.475 e. The number of nitrogens with zero attached hydrogens (tertiary/aromatic N) is 3. The lowest BCUT2D eigenvalue weighted by Crippen LogP contribution is -2.25. The van der Waals surface area contributed by atoms with Crippen molar-refractivity contribution in [1.82, 2.24) is 13.6 Å². The molecule has 0 amide bonds. The van der Waals surface area contributed by atoms with Gasteiger partial charge in [-0.25, -0.2) is 0 Å². The van der Waals surface area contributed by atoms with E-state index < -0.39 is 0 Å². The average molecular weight is 277 g/mol. The van der Waals surface area contributed by atoms with Crippen molar-refractivity contribution in [1.29, 1.82) is 0 Å². The first-order valence-electron chi connectivity index (χ1n) is 6.54.